The minimum atomic E-state index is -0.205. The van der Waals surface area contributed by atoms with Gasteiger partial charge in [-0.3, -0.25) is 52.2 Å². The molecule has 4 saturated heterocycles. The Morgan fingerprint density at radius 2 is 0.984 bits per heavy atom. The fourth-order valence-corrected chi connectivity index (χ4v) is 18.7. The topological polar surface area (TPSA) is 376 Å². The Balaban J connectivity index is 0.000000121. The maximum Gasteiger partial charge on any atom is 0.275 e. The fourth-order valence-electron chi connectivity index (χ4n) is 18.5. The van der Waals surface area contributed by atoms with Crippen LogP contribution in [-0.4, -0.2) is 250 Å². The molecule has 4 aliphatic heterocycles. The summed E-state index contributed by atoms with van der Waals surface area (Å²) < 4.78 is 17.3. The van der Waals surface area contributed by atoms with Gasteiger partial charge in [0.05, 0.1) is 135 Å². The van der Waals surface area contributed by atoms with Gasteiger partial charge >= 0.3 is 0 Å². The number of aromatic nitrogens is 19. The van der Waals surface area contributed by atoms with Gasteiger partial charge in [0.15, 0.2) is 28.4 Å². The van der Waals surface area contributed by atoms with Crippen LogP contribution in [0.1, 0.15) is 127 Å². The largest absolute Gasteiger partial charge is 0.441 e. The summed E-state index contributed by atoms with van der Waals surface area (Å²) in [4.78, 5) is 105. The minimum Gasteiger partial charge on any atom is -0.441 e. The number of halogens is 1. The van der Waals surface area contributed by atoms with Crippen LogP contribution in [-0.2, 0) is 0 Å². The predicted octanol–water partition coefficient (Wildman–Crippen LogP) is 9.41. The van der Waals surface area contributed by atoms with Crippen LogP contribution >= 0.6 is 11.6 Å². The summed E-state index contributed by atoms with van der Waals surface area (Å²) in [6.45, 7) is 29.1. The van der Waals surface area contributed by atoms with Crippen molar-refractivity contribution < 1.29 is 24.8 Å². The molecule has 0 radical (unpaired) electrons. The molecule has 0 aliphatic carbocycles. The Labute approximate surface area is 747 Å². The number of nitrogens with one attached hydrogen (secondary N) is 1. The van der Waals surface area contributed by atoms with E-state index < -0.39 is 0 Å². The van der Waals surface area contributed by atoms with E-state index in [9.17, 15) is 29.4 Å². The van der Waals surface area contributed by atoms with Crippen molar-refractivity contribution in [3.05, 3.63) is 238 Å². The van der Waals surface area contributed by atoms with Crippen LogP contribution in [0.5, 0.6) is 0 Å². The van der Waals surface area contributed by atoms with E-state index in [1.54, 1.807) is 49.0 Å². The third-order valence-corrected chi connectivity index (χ3v) is 25.3. The number of imidazole rings is 1. The smallest absolute Gasteiger partial charge is 0.275 e. The van der Waals surface area contributed by atoms with Gasteiger partial charge < -0.3 is 54.2 Å². The fraction of sp³-hybridized carbons (Fsp3) is 0.404. The average Bonchev–Trinajstić information content (AvgIpc) is 1.63. The van der Waals surface area contributed by atoms with Gasteiger partial charge in [0, 0.05) is 150 Å². The van der Waals surface area contributed by atoms with E-state index >= 15 is 0 Å². The number of likely N-dealkylation sites (tertiary alicyclic amines) is 2. The van der Waals surface area contributed by atoms with Gasteiger partial charge in [0.1, 0.15) is 28.2 Å². The van der Waals surface area contributed by atoms with Crippen LogP contribution in [0.15, 0.2) is 158 Å². The molecule has 16 aromatic rings. The van der Waals surface area contributed by atoms with Gasteiger partial charge in [0.25, 0.3) is 22.2 Å². The molecule has 0 saturated carbocycles. The molecule has 0 atom stereocenters. The van der Waals surface area contributed by atoms with Crippen LogP contribution in [0, 0.1) is 55.4 Å². The lowest BCUT2D eigenvalue weighted by Gasteiger charge is -2.39. The second-order valence-electron chi connectivity index (χ2n) is 34.1. The summed E-state index contributed by atoms with van der Waals surface area (Å²) >= 11 is 6.40. The van der Waals surface area contributed by atoms with Crippen LogP contribution in [0.4, 0.5) is 11.4 Å². The monoisotopic (exact) mass is 1770 g/mol. The van der Waals surface area contributed by atoms with E-state index in [1.807, 2.05) is 143 Å². The van der Waals surface area contributed by atoms with E-state index in [4.69, 9.17) is 36.2 Å². The molecule has 15 aromatic heterocycles. The molecule has 34 nitrogen and oxygen atoms in total. The summed E-state index contributed by atoms with van der Waals surface area (Å²) in [5.74, 6) is 1.22. The number of benzene rings is 1. The third kappa shape index (κ3) is 19.3. The van der Waals surface area contributed by atoms with Gasteiger partial charge in [0.2, 0.25) is 0 Å². The van der Waals surface area contributed by atoms with Crippen molar-refractivity contribution in [1.82, 2.24) is 111 Å². The zero-order chi connectivity index (χ0) is 90.0. The highest BCUT2D eigenvalue weighted by Gasteiger charge is 2.29. The van der Waals surface area contributed by atoms with Crippen LogP contribution < -0.4 is 37.4 Å². The van der Waals surface area contributed by atoms with Gasteiger partial charge in [-0.15, -0.1) is 0 Å². The highest BCUT2D eigenvalue weighted by molar-refractivity contribution is 6.33. The molecule has 1 aromatic carbocycles. The van der Waals surface area contributed by atoms with E-state index in [-0.39, 0.29) is 48.7 Å². The Kier molecular flexibility index (Phi) is 26.4. The molecule has 0 amide bonds. The maximum absolute atomic E-state index is 13.2. The second-order valence-corrected chi connectivity index (χ2v) is 34.5. The summed E-state index contributed by atoms with van der Waals surface area (Å²) in [5, 5.41) is 54.9. The molecule has 5 N–H and O–H groups in total. The Hall–Kier alpha value is -12.5. The van der Waals surface area contributed by atoms with Crippen LogP contribution in [0.25, 0.3) is 95.7 Å². The van der Waals surface area contributed by atoms with Crippen molar-refractivity contribution in [1.29, 1.82) is 0 Å². The van der Waals surface area contributed by atoms with Gasteiger partial charge in [-0.2, -0.15) is 19.8 Å². The zero-order valence-corrected chi connectivity index (χ0v) is 74.9. The molecule has 670 valence electrons. The molecule has 0 unspecified atom stereocenters. The number of fused-ring (bicyclic) bond motifs is 8. The number of hydrogen-bond acceptors (Lipinski definition) is 27. The summed E-state index contributed by atoms with van der Waals surface area (Å²) in [5.41, 5.74) is 21.0. The number of β-amino-alcohol motifs (C(OH)–C–C–N with tert-alkyl or cyclic N) is 2. The first-order chi connectivity index (χ1) is 62.4. The van der Waals surface area contributed by atoms with Crippen molar-refractivity contribution in [2.75, 3.05) is 121 Å². The molecule has 20 rings (SSSR count). The second kappa shape index (κ2) is 38.4. The predicted molar refractivity (Wildman–Crippen MR) is 496 cm³/mol. The first-order valence-corrected chi connectivity index (χ1v) is 44.8. The Morgan fingerprint density at radius 3 is 1.55 bits per heavy atom. The number of aliphatic hydroxyl groups is 4. The third-order valence-electron chi connectivity index (χ3n) is 25.0. The SMILES string of the molecule is CCNC1CCN(c2cc(C)c3nc(-c4cc5c(C)nc(C)cn5n4)cc(=O)n3c2)CC1.Cc1cn2cc(-c3cc(=O)n4cc(C5CCN(CCO)CC5)ncc4n3)cc(Cl)c2n1.Cc1cn2nc(-c3cc(=O)n4cc(N5CCC(N(CCO)CCO)CC5)cc(C)c4n3)cc2c(C)n1.Cc1nc2ccc(-c3cc(=O)n4nc(C5CCN(CCO)CC5)ccc4n3)cc2o1. The molecule has 35 heteroatoms. The average molecular weight is 1770 g/mol. The van der Waals surface area contributed by atoms with Crippen molar-refractivity contribution >= 4 is 73.3 Å². The van der Waals surface area contributed by atoms with Crippen molar-refractivity contribution in [3.63, 3.8) is 0 Å². The number of hydrogen-bond donors (Lipinski definition) is 5. The highest BCUT2D eigenvalue weighted by atomic mass is 35.5. The number of aliphatic hydroxyl groups excluding tert-OH is 4. The molecule has 4 aliphatic rings. The van der Waals surface area contributed by atoms with E-state index in [0.29, 0.717) is 129 Å². The first kappa shape index (κ1) is 88.5. The highest BCUT2D eigenvalue weighted by Crippen LogP contribution is 2.34. The maximum atomic E-state index is 13.2. The van der Waals surface area contributed by atoms with Gasteiger partial charge in [-0.05, 0) is 198 Å². The van der Waals surface area contributed by atoms with Crippen LogP contribution in [0.3, 0.4) is 0 Å². The van der Waals surface area contributed by atoms with E-state index in [2.05, 4.69) is 99.1 Å². The summed E-state index contributed by atoms with van der Waals surface area (Å²) in [6, 6.07) is 26.4. The van der Waals surface area contributed by atoms with Crippen molar-refractivity contribution in [2.45, 2.75) is 138 Å². The van der Waals surface area contributed by atoms with E-state index in [1.165, 1.54) is 16.6 Å². The lowest BCUT2D eigenvalue weighted by Crippen LogP contribution is -2.47. The van der Waals surface area contributed by atoms with Crippen LogP contribution in [0.2, 0.25) is 5.02 Å². The Morgan fingerprint density at radius 1 is 0.457 bits per heavy atom. The molecular weight excluding hydrogens is 1660 g/mol. The molecule has 19 heterocycles. The standard InChI is InChI=1S/C26H33N7O3.C24H29N7O.C22H23ClN6O2.C22H23N5O3/c1-17-12-21(30-6-4-20(5-7-30)31(8-10-34)9-11-35)16-32-25(36)14-22(28-26(17)32)23-13-24-19(3)27-18(2)15-33(24)29-23;1-5-25-18-6-8-29(9-7-18)19-10-15(2)24-27-20(12-23(32)30(24)14-19)21-11-22-17(4)26-16(3)13-31(22)28-21;1-14-11-28-12-16(8-17(23)22(28)25-14)18-9-21(31)29-13-19(24-10-20(29)26-18)15-2-4-27(5-3-15)6-7-30;1-14-23-18-3-2-16(12-20(18)30-14)19-13-22(29)27-21(24-19)5-4-17(25-27)15-6-8-26(9-7-15)10-11-28/h12-16,20,34-35H,4-11H2,1-3H3;10-14,18,25H,5-9H2,1-4H3;8-13,15,30H,2-7H2,1H3;2-5,12-13,15,28H,6-11H2,1H3. The molecule has 129 heavy (non-hydrogen) atoms. The summed E-state index contributed by atoms with van der Waals surface area (Å²) in [6.07, 6.45) is 22.8. The molecular formula is C94H108ClN25O9. The number of pyridine rings is 3. The van der Waals surface area contributed by atoms with Crippen molar-refractivity contribution in [2.24, 2.45) is 0 Å². The lowest BCUT2D eigenvalue weighted by atomic mass is 9.93. The molecule has 0 spiro atoms. The zero-order valence-electron chi connectivity index (χ0n) is 74.1. The molecule has 0 bridgehead atoms. The first-order valence-electron chi connectivity index (χ1n) is 44.4. The lowest BCUT2D eigenvalue weighted by molar-refractivity contribution is 0.108. The van der Waals surface area contributed by atoms with Gasteiger partial charge in [-0.25, -0.2) is 38.9 Å². The van der Waals surface area contributed by atoms with E-state index in [0.717, 1.165) is 200 Å². The number of oxazole rings is 1. The normalized spacial score (nSPS) is 15.5. The number of rotatable bonds is 19. The number of anilines is 2. The summed E-state index contributed by atoms with van der Waals surface area (Å²) in [7, 11) is 0. The quantitative estimate of drug-likeness (QED) is 0.0503. The minimum absolute atomic E-state index is 0.0904. The van der Waals surface area contributed by atoms with Gasteiger partial charge in [-0.1, -0.05) is 24.6 Å². The number of aryl methyl sites for hydroxylation is 8. The number of nitrogens with zero attached hydrogens (tertiary/aromatic N) is 24. The number of piperidine rings is 4. The van der Waals surface area contributed by atoms with Crippen molar-refractivity contribution in [3.8, 4) is 45.3 Å². The molecule has 4 fully saturated rings. The Bertz CT molecular complexity index is 7080.